The average Bonchev–Trinajstić information content (AvgIpc) is 3.03. The number of anilines is 2. The van der Waals surface area contributed by atoms with E-state index >= 15 is 0 Å². The Morgan fingerprint density at radius 1 is 1.05 bits per heavy atom. The van der Waals surface area contributed by atoms with Gasteiger partial charge in [0, 0.05) is 31.3 Å². The molecule has 0 amide bonds. The summed E-state index contributed by atoms with van der Waals surface area (Å²) in [4.78, 5) is 11.7. The van der Waals surface area contributed by atoms with E-state index in [0.717, 1.165) is 41.7 Å². The predicted octanol–water partition coefficient (Wildman–Crippen LogP) is 3.09. The summed E-state index contributed by atoms with van der Waals surface area (Å²) in [7, 11) is 1.91. The van der Waals surface area contributed by atoms with Gasteiger partial charge < -0.3 is 10.2 Å². The molecule has 2 aromatic rings. The van der Waals surface area contributed by atoms with Crippen molar-refractivity contribution in [3.8, 4) is 11.3 Å². The maximum atomic E-state index is 4.81. The van der Waals surface area contributed by atoms with E-state index in [4.69, 9.17) is 4.98 Å². The molecule has 3 rings (SSSR count). The van der Waals surface area contributed by atoms with Crippen LogP contribution >= 0.6 is 0 Å². The SMILES string of the molecule is CNc1nc(N2CCCC2)nc(-c2ccccc2)c1C. The molecule has 1 saturated heterocycles. The second kappa shape index (κ2) is 5.49. The highest BCUT2D eigenvalue weighted by atomic mass is 15.3. The zero-order valence-electron chi connectivity index (χ0n) is 12.1. The lowest BCUT2D eigenvalue weighted by atomic mass is 10.1. The van der Waals surface area contributed by atoms with Gasteiger partial charge in [-0.2, -0.15) is 4.98 Å². The van der Waals surface area contributed by atoms with E-state index in [1.807, 2.05) is 25.2 Å². The Morgan fingerprint density at radius 2 is 1.75 bits per heavy atom. The summed E-state index contributed by atoms with van der Waals surface area (Å²) in [6, 6.07) is 10.3. The van der Waals surface area contributed by atoms with Crippen molar-refractivity contribution in [1.82, 2.24) is 9.97 Å². The van der Waals surface area contributed by atoms with Crippen molar-refractivity contribution in [2.24, 2.45) is 0 Å². The normalized spacial score (nSPS) is 14.6. The van der Waals surface area contributed by atoms with Crippen LogP contribution < -0.4 is 10.2 Å². The Bertz CT molecular complexity index is 589. The molecule has 0 unspecified atom stereocenters. The predicted molar refractivity (Wildman–Crippen MR) is 83.2 cm³/mol. The Hall–Kier alpha value is -2.10. The van der Waals surface area contributed by atoms with Gasteiger partial charge in [-0.1, -0.05) is 30.3 Å². The molecule has 1 N–H and O–H groups in total. The van der Waals surface area contributed by atoms with Crippen LogP contribution in [-0.4, -0.2) is 30.1 Å². The summed E-state index contributed by atoms with van der Waals surface area (Å²) < 4.78 is 0. The average molecular weight is 268 g/mol. The lowest BCUT2D eigenvalue weighted by Gasteiger charge is -2.19. The highest BCUT2D eigenvalue weighted by molar-refractivity contribution is 5.69. The Morgan fingerprint density at radius 3 is 2.40 bits per heavy atom. The summed E-state index contributed by atoms with van der Waals surface area (Å²) in [6.07, 6.45) is 2.46. The Labute approximate surface area is 119 Å². The maximum absolute atomic E-state index is 4.81. The minimum Gasteiger partial charge on any atom is -0.373 e. The fourth-order valence-corrected chi connectivity index (χ4v) is 2.68. The van der Waals surface area contributed by atoms with Crippen LogP contribution in [0.1, 0.15) is 18.4 Å². The summed E-state index contributed by atoms with van der Waals surface area (Å²) in [5.74, 6) is 1.76. The van der Waals surface area contributed by atoms with E-state index in [1.165, 1.54) is 12.8 Å². The van der Waals surface area contributed by atoms with E-state index < -0.39 is 0 Å². The molecule has 1 fully saturated rings. The second-order valence-electron chi connectivity index (χ2n) is 5.16. The van der Waals surface area contributed by atoms with E-state index in [-0.39, 0.29) is 0 Å². The fourth-order valence-electron chi connectivity index (χ4n) is 2.68. The number of benzene rings is 1. The van der Waals surface area contributed by atoms with Gasteiger partial charge in [-0.15, -0.1) is 0 Å². The first kappa shape index (κ1) is 12.9. The van der Waals surface area contributed by atoms with E-state index in [2.05, 4.69) is 34.3 Å². The number of hydrogen-bond acceptors (Lipinski definition) is 4. The van der Waals surface area contributed by atoms with Gasteiger partial charge in [-0.25, -0.2) is 4.98 Å². The number of nitrogens with zero attached hydrogens (tertiary/aromatic N) is 3. The zero-order chi connectivity index (χ0) is 13.9. The van der Waals surface area contributed by atoms with Gasteiger partial charge in [0.25, 0.3) is 0 Å². The largest absolute Gasteiger partial charge is 0.373 e. The third kappa shape index (κ3) is 2.33. The molecule has 4 nitrogen and oxygen atoms in total. The first-order chi connectivity index (χ1) is 9.79. The van der Waals surface area contributed by atoms with Crippen LogP contribution in [0.15, 0.2) is 30.3 Å². The van der Waals surface area contributed by atoms with Crippen LogP contribution in [0.4, 0.5) is 11.8 Å². The monoisotopic (exact) mass is 268 g/mol. The quantitative estimate of drug-likeness (QED) is 0.928. The van der Waals surface area contributed by atoms with E-state index in [1.54, 1.807) is 0 Å². The molecule has 104 valence electrons. The van der Waals surface area contributed by atoms with E-state index in [0.29, 0.717) is 0 Å². The van der Waals surface area contributed by atoms with E-state index in [9.17, 15) is 0 Å². The molecule has 0 atom stereocenters. The lowest BCUT2D eigenvalue weighted by molar-refractivity contribution is 0.897. The fraction of sp³-hybridized carbons (Fsp3) is 0.375. The first-order valence-corrected chi connectivity index (χ1v) is 7.16. The smallest absolute Gasteiger partial charge is 0.227 e. The highest BCUT2D eigenvalue weighted by Gasteiger charge is 2.18. The van der Waals surface area contributed by atoms with Crippen molar-refractivity contribution in [3.63, 3.8) is 0 Å². The van der Waals surface area contributed by atoms with Gasteiger partial charge >= 0.3 is 0 Å². The molecule has 0 bridgehead atoms. The third-order valence-corrected chi connectivity index (χ3v) is 3.81. The first-order valence-electron chi connectivity index (χ1n) is 7.16. The second-order valence-corrected chi connectivity index (χ2v) is 5.16. The van der Waals surface area contributed by atoms with Crippen LogP contribution in [-0.2, 0) is 0 Å². The summed E-state index contributed by atoms with van der Waals surface area (Å²) in [6.45, 7) is 4.18. The van der Waals surface area contributed by atoms with Crippen LogP contribution in [0.5, 0.6) is 0 Å². The van der Waals surface area contributed by atoms with Crippen LogP contribution in [0.2, 0.25) is 0 Å². The van der Waals surface area contributed by atoms with Gasteiger partial charge in [-0.3, -0.25) is 0 Å². The van der Waals surface area contributed by atoms with Crippen LogP contribution in [0, 0.1) is 6.92 Å². The number of rotatable bonds is 3. The summed E-state index contributed by atoms with van der Waals surface area (Å²) in [5.41, 5.74) is 3.26. The molecule has 1 aliphatic rings. The molecule has 1 aromatic heterocycles. The number of nitrogens with one attached hydrogen (secondary N) is 1. The zero-order valence-corrected chi connectivity index (χ0v) is 12.1. The summed E-state index contributed by atoms with van der Waals surface area (Å²) in [5, 5.41) is 3.19. The molecule has 1 aliphatic heterocycles. The van der Waals surface area contributed by atoms with Crippen LogP contribution in [0.25, 0.3) is 11.3 Å². The van der Waals surface area contributed by atoms with Gasteiger partial charge in [-0.05, 0) is 19.8 Å². The number of hydrogen-bond donors (Lipinski definition) is 1. The van der Waals surface area contributed by atoms with Crippen molar-refractivity contribution in [2.75, 3.05) is 30.4 Å². The van der Waals surface area contributed by atoms with Gasteiger partial charge in [0.15, 0.2) is 0 Å². The van der Waals surface area contributed by atoms with Gasteiger partial charge in [0.1, 0.15) is 5.82 Å². The molecular formula is C16H20N4. The molecule has 20 heavy (non-hydrogen) atoms. The third-order valence-electron chi connectivity index (χ3n) is 3.81. The maximum Gasteiger partial charge on any atom is 0.227 e. The molecule has 1 aromatic carbocycles. The topological polar surface area (TPSA) is 41.1 Å². The standard InChI is InChI=1S/C16H20N4/c1-12-14(13-8-4-3-5-9-13)18-16(19-15(12)17-2)20-10-6-7-11-20/h3-5,8-9H,6-7,10-11H2,1-2H3,(H,17,18,19). The van der Waals surface area contributed by atoms with Crippen molar-refractivity contribution in [2.45, 2.75) is 19.8 Å². The minimum absolute atomic E-state index is 0.844. The molecule has 4 heteroatoms. The Kier molecular flexibility index (Phi) is 3.54. The molecule has 0 saturated carbocycles. The minimum atomic E-state index is 0.844. The van der Waals surface area contributed by atoms with Crippen molar-refractivity contribution >= 4 is 11.8 Å². The molecule has 0 spiro atoms. The molecular weight excluding hydrogens is 248 g/mol. The molecule has 0 radical (unpaired) electrons. The van der Waals surface area contributed by atoms with Gasteiger partial charge in [0.2, 0.25) is 5.95 Å². The van der Waals surface area contributed by atoms with Crippen molar-refractivity contribution in [3.05, 3.63) is 35.9 Å². The van der Waals surface area contributed by atoms with Crippen molar-refractivity contribution < 1.29 is 0 Å². The highest BCUT2D eigenvalue weighted by Crippen LogP contribution is 2.28. The Balaban J connectivity index is 2.10. The number of aromatic nitrogens is 2. The summed E-state index contributed by atoms with van der Waals surface area (Å²) >= 11 is 0. The molecule has 0 aliphatic carbocycles. The van der Waals surface area contributed by atoms with Crippen molar-refractivity contribution in [1.29, 1.82) is 0 Å². The lowest BCUT2D eigenvalue weighted by Crippen LogP contribution is -2.21. The molecule has 2 heterocycles. The van der Waals surface area contributed by atoms with Crippen LogP contribution in [0.3, 0.4) is 0 Å². The van der Waals surface area contributed by atoms with Gasteiger partial charge in [0.05, 0.1) is 5.69 Å².